The molecule has 3 rings (SSSR count). The second-order valence-corrected chi connectivity index (χ2v) is 4.91. The van der Waals surface area contributed by atoms with Crippen molar-refractivity contribution >= 4 is 32.7 Å². The summed E-state index contributed by atoms with van der Waals surface area (Å²) >= 11 is 3.18. The maximum absolute atomic E-state index is 11.7. The average Bonchev–Trinajstić information content (AvgIpc) is 2.62. The molecule has 0 fully saturated rings. The normalized spacial score (nSPS) is 15.6. The molecule has 2 nitrogen and oxygen atoms in total. The fourth-order valence-corrected chi connectivity index (χ4v) is 2.29. The van der Waals surface area contributed by atoms with Crippen molar-refractivity contribution in [2.24, 2.45) is 0 Å². The number of rotatable bonds is 2. The van der Waals surface area contributed by atoms with Crippen molar-refractivity contribution in [1.29, 1.82) is 0 Å². The summed E-state index contributed by atoms with van der Waals surface area (Å²) in [6.45, 7) is 0. The Kier molecular flexibility index (Phi) is 1.80. The molecule has 0 unspecified atom stereocenters. The summed E-state index contributed by atoms with van der Waals surface area (Å²) in [4.78, 5) is 11.7. The Hall–Kier alpha value is -2.13. The molecule has 3 aromatic carbocycles. The standard InChI is InChI=1S/C17H11BrO2/c18-12-8-9-15(16(10-12)17(19)20)14-7-3-5-11-4-1-2-6-13(11)14/h1-10H,(H,19,20)/i1D,2D,3D,4D,5D,6D,7D. The van der Waals surface area contributed by atoms with E-state index in [1.165, 1.54) is 18.2 Å². The van der Waals surface area contributed by atoms with Crippen molar-refractivity contribution in [2.75, 3.05) is 0 Å². The first-order valence-corrected chi connectivity index (χ1v) is 6.40. The van der Waals surface area contributed by atoms with Gasteiger partial charge in [0.05, 0.1) is 15.2 Å². The number of fused-ring (bicyclic) bond motifs is 1. The van der Waals surface area contributed by atoms with Crippen molar-refractivity contribution in [1.82, 2.24) is 0 Å². The van der Waals surface area contributed by atoms with E-state index in [-0.39, 0.29) is 27.5 Å². The van der Waals surface area contributed by atoms with Crippen LogP contribution in [0.3, 0.4) is 0 Å². The predicted octanol–water partition coefficient (Wildman–Crippen LogP) is 4.97. The topological polar surface area (TPSA) is 37.3 Å². The third-order valence-electron chi connectivity index (χ3n) is 2.79. The van der Waals surface area contributed by atoms with Crippen LogP contribution in [0.15, 0.2) is 65.0 Å². The molecule has 0 amide bonds. The average molecular weight is 334 g/mol. The van der Waals surface area contributed by atoms with Gasteiger partial charge < -0.3 is 5.11 Å². The Morgan fingerprint density at radius 3 is 2.60 bits per heavy atom. The molecule has 20 heavy (non-hydrogen) atoms. The Morgan fingerprint density at radius 1 is 1.05 bits per heavy atom. The van der Waals surface area contributed by atoms with Gasteiger partial charge in [-0.1, -0.05) is 64.3 Å². The molecule has 0 aliphatic rings. The molecule has 98 valence electrons. The molecule has 0 aliphatic heterocycles. The van der Waals surface area contributed by atoms with Gasteiger partial charge in [0.15, 0.2) is 0 Å². The van der Waals surface area contributed by atoms with Crippen LogP contribution >= 0.6 is 15.9 Å². The third-order valence-corrected chi connectivity index (χ3v) is 3.29. The van der Waals surface area contributed by atoms with E-state index >= 15 is 0 Å². The molecule has 1 N–H and O–H groups in total. The zero-order valence-corrected chi connectivity index (χ0v) is 11.6. The lowest BCUT2D eigenvalue weighted by Gasteiger charge is -2.10. The molecule has 0 saturated heterocycles. The summed E-state index contributed by atoms with van der Waals surface area (Å²) in [7, 11) is 0. The Balaban J connectivity index is 2.66. The lowest BCUT2D eigenvalue weighted by atomic mass is 9.95. The zero-order valence-electron chi connectivity index (χ0n) is 17.0. The molecule has 0 aliphatic carbocycles. The number of carboxylic acids is 1. The first-order chi connectivity index (χ1) is 12.6. The van der Waals surface area contributed by atoms with E-state index in [4.69, 9.17) is 9.60 Å². The number of benzene rings is 3. The monoisotopic (exact) mass is 333 g/mol. The quantitative estimate of drug-likeness (QED) is 0.719. The van der Waals surface area contributed by atoms with Crippen molar-refractivity contribution in [3.05, 3.63) is 70.5 Å². The number of aromatic carboxylic acids is 1. The zero-order chi connectivity index (χ0) is 20.2. The Bertz CT molecular complexity index is 1140. The van der Waals surface area contributed by atoms with E-state index in [0.717, 1.165) is 0 Å². The summed E-state index contributed by atoms with van der Waals surface area (Å²) in [6, 6.07) is 0.651. The number of halogens is 1. The van der Waals surface area contributed by atoms with Gasteiger partial charge >= 0.3 is 5.97 Å². The molecule has 0 bridgehead atoms. The van der Waals surface area contributed by atoms with Gasteiger partial charge in [-0.2, -0.15) is 0 Å². The van der Waals surface area contributed by atoms with Crippen LogP contribution < -0.4 is 0 Å². The van der Waals surface area contributed by atoms with E-state index in [1.807, 2.05) is 0 Å². The summed E-state index contributed by atoms with van der Waals surface area (Å²) < 4.78 is 56.9. The van der Waals surface area contributed by atoms with Crippen LogP contribution in [0, 0.1) is 0 Å². The van der Waals surface area contributed by atoms with Crippen LogP contribution in [0.1, 0.15) is 20.0 Å². The van der Waals surface area contributed by atoms with Crippen molar-refractivity contribution in [3.63, 3.8) is 0 Å². The van der Waals surface area contributed by atoms with Crippen molar-refractivity contribution in [2.45, 2.75) is 0 Å². The largest absolute Gasteiger partial charge is 0.478 e. The number of carboxylic acid groups (broad SMARTS) is 1. The number of hydrogen-bond donors (Lipinski definition) is 1. The first-order valence-electron chi connectivity index (χ1n) is 9.10. The minimum atomic E-state index is -1.29. The summed E-state index contributed by atoms with van der Waals surface area (Å²) in [5, 5.41) is 9.19. The molecule has 0 atom stereocenters. The summed E-state index contributed by atoms with van der Waals surface area (Å²) in [6.07, 6.45) is 0. The van der Waals surface area contributed by atoms with Gasteiger partial charge in [-0.3, -0.25) is 0 Å². The minimum Gasteiger partial charge on any atom is -0.478 e. The fraction of sp³-hybridized carbons (Fsp3) is 0. The molecule has 3 heteroatoms. The molecule has 0 radical (unpaired) electrons. The van der Waals surface area contributed by atoms with Crippen LogP contribution in [0.2, 0.25) is 0 Å². The highest BCUT2D eigenvalue weighted by Gasteiger charge is 2.13. The van der Waals surface area contributed by atoms with E-state index in [9.17, 15) is 9.90 Å². The van der Waals surface area contributed by atoms with Gasteiger partial charge in [0, 0.05) is 4.47 Å². The van der Waals surface area contributed by atoms with Gasteiger partial charge in [0.25, 0.3) is 0 Å². The fourth-order valence-electron chi connectivity index (χ4n) is 1.93. The molecular formula is C17H11BrO2. The molecule has 0 aromatic heterocycles. The number of carbonyl (C=O) groups is 1. The first kappa shape index (κ1) is 7.04. The SMILES string of the molecule is [2H]c1c([2H])c([2H])c2c(-c3ccc(Br)cc3C(=O)O)c([2H])c([2H])c([2H])c2c1[2H]. The third kappa shape index (κ3) is 2.21. The molecule has 0 spiro atoms. The Morgan fingerprint density at radius 2 is 1.80 bits per heavy atom. The minimum absolute atomic E-state index is 0.0410. The van der Waals surface area contributed by atoms with E-state index in [1.54, 1.807) is 0 Å². The van der Waals surface area contributed by atoms with E-state index in [0.29, 0.717) is 4.47 Å². The van der Waals surface area contributed by atoms with Gasteiger partial charge in [-0.25, -0.2) is 4.79 Å². The second kappa shape index (κ2) is 5.10. The van der Waals surface area contributed by atoms with Crippen LogP contribution in [0.25, 0.3) is 21.9 Å². The van der Waals surface area contributed by atoms with Crippen LogP contribution in [0.5, 0.6) is 0 Å². The highest BCUT2D eigenvalue weighted by atomic mass is 79.9. The lowest BCUT2D eigenvalue weighted by molar-refractivity contribution is 0.0697. The molecular weight excluding hydrogens is 316 g/mol. The smallest absolute Gasteiger partial charge is 0.336 e. The summed E-state index contributed by atoms with van der Waals surface area (Å²) in [5.74, 6) is -1.29. The van der Waals surface area contributed by atoms with Crippen LogP contribution in [0.4, 0.5) is 0 Å². The highest BCUT2D eigenvalue weighted by Crippen LogP contribution is 2.32. The van der Waals surface area contributed by atoms with E-state index in [2.05, 4.69) is 15.9 Å². The van der Waals surface area contributed by atoms with E-state index < -0.39 is 48.3 Å². The highest BCUT2D eigenvalue weighted by molar-refractivity contribution is 9.10. The van der Waals surface area contributed by atoms with Gasteiger partial charge in [-0.15, -0.1) is 0 Å². The maximum atomic E-state index is 11.7. The van der Waals surface area contributed by atoms with Crippen molar-refractivity contribution in [3.8, 4) is 11.1 Å². The molecule has 0 heterocycles. The maximum Gasteiger partial charge on any atom is 0.336 e. The molecule has 0 saturated carbocycles. The van der Waals surface area contributed by atoms with Gasteiger partial charge in [-0.05, 0) is 34.0 Å². The van der Waals surface area contributed by atoms with Gasteiger partial charge in [0.2, 0.25) is 0 Å². The van der Waals surface area contributed by atoms with Gasteiger partial charge in [0.1, 0.15) is 0 Å². The predicted molar refractivity (Wildman–Crippen MR) is 84.0 cm³/mol. The Labute approximate surface area is 134 Å². The number of hydrogen-bond acceptors (Lipinski definition) is 1. The van der Waals surface area contributed by atoms with Crippen LogP contribution in [-0.2, 0) is 0 Å². The summed E-state index contributed by atoms with van der Waals surface area (Å²) in [5.41, 5.74) is -0.258. The van der Waals surface area contributed by atoms with Crippen LogP contribution in [-0.4, -0.2) is 11.1 Å². The van der Waals surface area contributed by atoms with Crippen molar-refractivity contribution < 1.29 is 19.5 Å². The second-order valence-electron chi connectivity index (χ2n) is 4.00. The molecule has 3 aromatic rings. The lowest BCUT2D eigenvalue weighted by Crippen LogP contribution is -1.99.